The second-order valence-corrected chi connectivity index (χ2v) is 3.17. The molecule has 5 nitrogen and oxygen atoms in total. The number of rotatable bonds is 0. The first kappa shape index (κ1) is 7.54. The molecule has 0 aromatic rings. The molecule has 5 heteroatoms. The SMILES string of the molecule is O=C1NCC(=O)N2C[C@@H](O)C[C@H]12. The quantitative estimate of drug-likeness (QED) is 0.445. The minimum Gasteiger partial charge on any atom is -0.391 e. The van der Waals surface area contributed by atoms with Gasteiger partial charge in [0, 0.05) is 13.0 Å². The van der Waals surface area contributed by atoms with Crippen LogP contribution in [-0.4, -0.2) is 47.1 Å². The van der Waals surface area contributed by atoms with Gasteiger partial charge in [0.2, 0.25) is 11.8 Å². The molecule has 2 fully saturated rings. The summed E-state index contributed by atoms with van der Waals surface area (Å²) in [6.45, 7) is 0.374. The molecule has 2 atom stereocenters. The normalized spacial score (nSPS) is 34.9. The maximum Gasteiger partial charge on any atom is 0.243 e. The van der Waals surface area contributed by atoms with E-state index in [1.54, 1.807) is 0 Å². The second-order valence-electron chi connectivity index (χ2n) is 3.17. The van der Waals surface area contributed by atoms with Crippen LogP contribution in [0.25, 0.3) is 0 Å². The number of aliphatic hydroxyl groups is 1. The lowest BCUT2D eigenvalue weighted by atomic mass is 10.1. The van der Waals surface area contributed by atoms with Crippen LogP contribution in [0.3, 0.4) is 0 Å². The van der Waals surface area contributed by atoms with Gasteiger partial charge in [-0.1, -0.05) is 0 Å². The van der Waals surface area contributed by atoms with Crippen molar-refractivity contribution in [3.8, 4) is 0 Å². The molecule has 0 aromatic carbocycles. The first-order chi connectivity index (χ1) is 5.68. The van der Waals surface area contributed by atoms with Crippen LogP contribution in [0.5, 0.6) is 0 Å². The van der Waals surface area contributed by atoms with Crippen molar-refractivity contribution in [2.45, 2.75) is 18.6 Å². The van der Waals surface area contributed by atoms with Crippen molar-refractivity contribution < 1.29 is 14.7 Å². The van der Waals surface area contributed by atoms with Crippen LogP contribution in [0, 0.1) is 0 Å². The van der Waals surface area contributed by atoms with Crippen LogP contribution in [-0.2, 0) is 9.59 Å². The molecule has 0 aliphatic carbocycles. The van der Waals surface area contributed by atoms with E-state index in [4.69, 9.17) is 0 Å². The largest absolute Gasteiger partial charge is 0.391 e. The highest BCUT2D eigenvalue weighted by Crippen LogP contribution is 2.19. The lowest BCUT2D eigenvalue weighted by molar-refractivity contribution is -0.143. The average molecular weight is 170 g/mol. The zero-order chi connectivity index (χ0) is 8.72. The highest BCUT2D eigenvalue weighted by atomic mass is 16.3. The molecule has 2 amide bonds. The van der Waals surface area contributed by atoms with Crippen LogP contribution in [0.15, 0.2) is 0 Å². The Bertz CT molecular complexity index is 217. The monoisotopic (exact) mass is 170 g/mol. The summed E-state index contributed by atoms with van der Waals surface area (Å²) < 4.78 is 0. The number of nitrogens with zero attached hydrogens (tertiary/aromatic N) is 1. The molecule has 0 radical (unpaired) electrons. The van der Waals surface area contributed by atoms with E-state index in [-0.39, 0.29) is 18.4 Å². The number of aliphatic hydroxyl groups excluding tert-OH is 1. The van der Waals surface area contributed by atoms with Crippen molar-refractivity contribution in [2.24, 2.45) is 0 Å². The Hall–Kier alpha value is -1.10. The van der Waals surface area contributed by atoms with Gasteiger partial charge in [0.15, 0.2) is 0 Å². The Labute approximate surface area is 69.3 Å². The van der Waals surface area contributed by atoms with E-state index < -0.39 is 12.1 Å². The van der Waals surface area contributed by atoms with Crippen LogP contribution in [0.2, 0.25) is 0 Å². The number of fused-ring (bicyclic) bond motifs is 1. The van der Waals surface area contributed by atoms with E-state index in [1.165, 1.54) is 4.90 Å². The van der Waals surface area contributed by atoms with Crippen LogP contribution in [0.4, 0.5) is 0 Å². The van der Waals surface area contributed by atoms with Crippen molar-refractivity contribution in [3.05, 3.63) is 0 Å². The standard InChI is InChI=1S/C7H10N2O3/c10-4-1-5-7(12)8-2-6(11)9(5)3-4/h4-5,10H,1-3H2,(H,8,12)/t4-,5+/m0/s1. The molecular formula is C7H10N2O3. The minimum absolute atomic E-state index is 0.0715. The predicted molar refractivity (Wildman–Crippen MR) is 39.1 cm³/mol. The van der Waals surface area contributed by atoms with Crippen molar-refractivity contribution in [2.75, 3.05) is 13.1 Å². The molecule has 0 aromatic heterocycles. The van der Waals surface area contributed by atoms with Crippen molar-refractivity contribution in [1.82, 2.24) is 10.2 Å². The number of carbonyl (C=O) groups excluding carboxylic acids is 2. The third-order valence-corrected chi connectivity index (χ3v) is 2.32. The minimum atomic E-state index is -0.539. The van der Waals surface area contributed by atoms with E-state index in [0.717, 1.165) is 0 Å². The van der Waals surface area contributed by atoms with Gasteiger partial charge in [0.05, 0.1) is 12.6 Å². The summed E-state index contributed by atoms with van der Waals surface area (Å²) in [6.07, 6.45) is -0.166. The summed E-state index contributed by atoms with van der Waals surface area (Å²) >= 11 is 0. The van der Waals surface area contributed by atoms with Gasteiger partial charge in [-0.15, -0.1) is 0 Å². The van der Waals surface area contributed by atoms with Crippen molar-refractivity contribution in [3.63, 3.8) is 0 Å². The molecule has 66 valence electrons. The Morgan fingerprint density at radius 1 is 1.50 bits per heavy atom. The third-order valence-electron chi connectivity index (χ3n) is 2.32. The number of hydrogen-bond donors (Lipinski definition) is 2. The Kier molecular flexibility index (Phi) is 1.54. The molecular weight excluding hydrogens is 160 g/mol. The first-order valence-electron chi connectivity index (χ1n) is 3.94. The number of nitrogens with one attached hydrogen (secondary N) is 1. The molecule has 2 N–H and O–H groups in total. The highest BCUT2D eigenvalue weighted by molar-refractivity contribution is 5.95. The van der Waals surface area contributed by atoms with E-state index in [1.807, 2.05) is 0 Å². The van der Waals surface area contributed by atoms with Gasteiger partial charge in [-0.3, -0.25) is 9.59 Å². The van der Waals surface area contributed by atoms with E-state index in [0.29, 0.717) is 13.0 Å². The zero-order valence-electron chi connectivity index (χ0n) is 6.49. The Morgan fingerprint density at radius 2 is 2.25 bits per heavy atom. The summed E-state index contributed by atoms with van der Waals surface area (Å²) in [7, 11) is 0. The summed E-state index contributed by atoms with van der Waals surface area (Å²) in [5, 5.41) is 11.7. The maximum absolute atomic E-state index is 11.2. The van der Waals surface area contributed by atoms with Gasteiger partial charge < -0.3 is 15.3 Å². The summed E-state index contributed by atoms with van der Waals surface area (Å²) in [4.78, 5) is 23.8. The number of carbonyl (C=O) groups is 2. The first-order valence-corrected chi connectivity index (χ1v) is 3.94. The molecule has 2 aliphatic rings. The molecule has 2 saturated heterocycles. The third kappa shape index (κ3) is 0.972. The van der Waals surface area contributed by atoms with Crippen LogP contribution in [0.1, 0.15) is 6.42 Å². The van der Waals surface area contributed by atoms with E-state index in [2.05, 4.69) is 5.32 Å². The van der Waals surface area contributed by atoms with Crippen molar-refractivity contribution in [1.29, 1.82) is 0 Å². The maximum atomic E-state index is 11.2. The highest BCUT2D eigenvalue weighted by Gasteiger charge is 2.41. The van der Waals surface area contributed by atoms with Gasteiger partial charge in [-0.25, -0.2) is 0 Å². The average Bonchev–Trinajstić information content (AvgIpc) is 2.41. The Morgan fingerprint density at radius 3 is 2.92 bits per heavy atom. The smallest absolute Gasteiger partial charge is 0.243 e. The summed E-state index contributed by atoms with van der Waals surface area (Å²) in [5.41, 5.74) is 0. The molecule has 0 saturated carbocycles. The summed E-state index contributed by atoms with van der Waals surface area (Å²) in [5.74, 6) is -0.248. The zero-order valence-corrected chi connectivity index (χ0v) is 6.49. The molecule has 12 heavy (non-hydrogen) atoms. The molecule has 0 unspecified atom stereocenters. The predicted octanol–water partition coefficient (Wildman–Crippen LogP) is -1.92. The molecule has 0 spiro atoms. The fourth-order valence-electron chi connectivity index (χ4n) is 1.72. The van der Waals surface area contributed by atoms with Crippen LogP contribution < -0.4 is 5.32 Å². The van der Waals surface area contributed by atoms with Gasteiger partial charge in [-0.2, -0.15) is 0 Å². The van der Waals surface area contributed by atoms with Gasteiger partial charge in [-0.05, 0) is 0 Å². The van der Waals surface area contributed by atoms with Crippen molar-refractivity contribution >= 4 is 11.8 Å². The second kappa shape index (κ2) is 2.45. The van der Waals surface area contributed by atoms with E-state index >= 15 is 0 Å². The van der Waals surface area contributed by atoms with Gasteiger partial charge in [0.1, 0.15) is 6.04 Å². The van der Waals surface area contributed by atoms with Gasteiger partial charge >= 0.3 is 0 Å². The molecule has 2 heterocycles. The number of amides is 2. The topological polar surface area (TPSA) is 69.6 Å². The summed E-state index contributed by atoms with van der Waals surface area (Å²) in [6, 6.07) is -0.429. The number of piperazine rings is 1. The fourth-order valence-corrected chi connectivity index (χ4v) is 1.72. The molecule has 0 bridgehead atoms. The lowest BCUT2D eigenvalue weighted by Crippen LogP contribution is -2.55. The van der Waals surface area contributed by atoms with Gasteiger partial charge in [0.25, 0.3) is 0 Å². The fraction of sp³-hybridized carbons (Fsp3) is 0.714. The van der Waals surface area contributed by atoms with E-state index in [9.17, 15) is 14.7 Å². The molecule has 2 aliphatic heterocycles. The van der Waals surface area contributed by atoms with Crippen LogP contribution >= 0.6 is 0 Å². The Balaban J connectivity index is 2.20. The lowest BCUT2D eigenvalue weighted by Gasteiger charge is -2.28. The molecule has 2 rings (SSSR count). The number of hydrogen-bond acceptors (Lipinski definition) is 3.